The highest BCUT2D eigenvalue weighted by Crippen LogP contribution is 2.28. The van der Waals surface area contributed by atoms with Gasteiger partial charge in [0.2, 0.25) is 0 Å². The third-order valence-electron chi connectivity index (χ3n) is 4.09. The van der Waals surface area contributed by atoms with E-state index in [9.17, 15) is 0 Å². The van der Waals surface area contributed by atoms with Crippen molar-refractivity contribution in [2.45, 2.75) is 12.5 Å². The molecule has 0 aliphatic carbocycles. The summed E-state index contributed by atoms with van der Waals surface area (Å²) in [7, 11) is 0. The zero-order valence-corrected chi connectivity index (χ0v) is 16.7. The van der Waals surface area contributed by atoms with E-state index in [2.05, 4.69) is 79.6 Å². The van der Waals surface area contributed by atoms with Gasteiger partial charge >= 0.3 is 0 Å². The van der Waals surface area contributed by atoms with E-state index in [1.165, 1.54) is 11.1 Å². The molecule has 1 fully saturated rings. The van der Waals surface area contributed by atoms with Gasteiger partial charge in [-0.1, -0.05) is 62.2 Å². The summed E-state index contributed by atoms with van der Waals surface area (Å²) < 4.78 is 8.13. The zero-order valence-electron chi connectivity index (χ0n) is 12.7. The molecule has 0 radical (unpaired) electrons. The van der Waals surface area contributed by atoms with Crippen LogP contribution in [0, 0.1) is 5.92 Å². The number of hydrogen-bond donors (Lipinski definition) is 1. The van der Waals surface area contributed by atoms with Crippen molar-refractivity contribution in [1.82, 2.24) is 5.32 Å². The third kappa shape index (κ3) is 5.30. The van der Waals surface area contributed by atoms with Gasteiger partial charge in [0.05, 0.1) is 13.2 Å². The summed E-state index contributed by atoms with van der Waals surface area (Å²) in [5.74, 6) is 1.09. The van der Waals surface area contributed by atoms with Crippen molar-refractivity contribution in [3.63, 3.8) is 0 Å². The largest absolute Gasteiger partial charge is 0.376 e. The van der Waals surface area contributed by atoms with Gasteiger partial charge < -0.3 is 10.1 Å². The molecule has 1 aliphatic rings. The van der Waals surface area contributed by atoms with Gasteiger partial charge in [-0.05, 0) is 29.3 Å². The molecule has 3 rings (SSSR count). The second kappa shape index (κ2) is 9.19. The lowest BCUT2D eigenvalue weighted by molar-refractivity contribution is 0.0876. The molecule has 0 saturated carbocycles. The quantitative estimate of drug-likeness (QED) is 0.665. The molecule has 2 aromatic carbocycles. The third-order valence-corrected chi connectivity index (χ3v) is 5.01. The molecule has 2 aromatic rings. The van der Waals surface area contributed by atoms with Crippen LogP contribution in [0.15, 0.2) is 57.5 Å². The van der Waals surface area contributed by atoms with E-state index in [1.807, 2.05) is 6.07 Å². The molecule has 0 spiro atoms. The molecule has 23 heavy (non-hydrogen) atoms. The predicted octanol–water partition coefficient (Wildman–Crippen LogP) is 5.15. The molecule has 0 bridgehead atoms. The van der Waals surface area contributed by atoms with Crippen molar-refractivity contribution >= 4 is 44.3 Å². The minimum absolute atomic E-state index is 0. The molecule has 1 heterocycles. The average molecular weight is 462 g/mol. The lowest BCUT2D eigenvalue weighted by Gasteiger charge is -2.19. The van der Waals surface area contributed by atoms with E-state index in [0.717, 1.165) is 28.6 Å². The summed E-state index contributed by atoms with van der Waals surface area (Å²) in [5, 5.41) is 3.49. The first-order valence-electron chi connectivity index (χ1n) is 7.51. The fourth-order valence-corrected chi connectivity index (χ4v) is 4.41. The van der Waals surface area contributed by atoms with Gasteiger partial charge in [-0.15, -0.1) is 12.4 Å². The Morgan fingerprint density at radius 2 is 1.70 bits per heavy atom. The zero-order chi connectivity index (χ0) is 15.4. The lowest BCUT2D eigenvalue weighted by Crippen LogP contribution is -2.17. The Labute approximate surface area is 160 Å². The molecule has 2 atom stereocenters. The SMILES string of the molecule is Brc1cc(Br)cc(COC[C@H]2CNCC2c2ccccc2)c1.Cl. The molecule has 1 N–H and O–H groups in total. The fraction of sp³-hybridized carbons (Fsp3) is 0.333. The number of hydrogen-bond acceptors (Lipinski definition) is 2. The van der Waals surface area contributed by atoms with Gasteiger partial charge in [-0.25, -0.2) is 0 Å². The maximum atomic E-state index is 5.98. The normalized spacial score (nSPS) is 20.3. The summed E-state index contributed by atoms with van der Waals surface area (Å²) in [6, 6.07) is 17.0. The predicted molar refractivity (Wildman–Crippen MR) is 104 cm³/mol. The van der Waals surface area contributed by atoms with Crippen molar-refractivity contribution in [2.24, 2.45) is 5.92 Å². The van der Waals surface area contributed by atoms with E-state index in [4.69, 9.17) is 4.74 Å². The van der Waals surface area contributed by atoms with Crippen molar-refractivity contribution < 1.29 is 4.74 Å². The minimum atomic E-state index is 0. The first-order chi connectivity index (χ1) is 10.7. The standard InChI is InChI=1S/C18H19Br2NO.ClH/c19-16-6-13(7-17(20)8-16)11-22-12-15-9-21-10-18(15)14-4-2-1-3-5-14;/h1-8,15,18,21H,9-12H2;1H/t15-,18?;/m1./s1. The van der Waals surface area contributed by atoms with Crippen LogP contribution in [0.25, 0.3) is 0 Å². The Balaban J connectivity index is 0.00000192. The Morgan fingerprint density at radius 3 is 2.39 bits per heavy atom. The lowest BCUT2D eigenvalue weighted by atomic mass is 9.89. The molecular formula is C18H20Br2ClNO. The first-order valence-corrected chi connectivity index (χ1v) is 9.09. The van der Waals surface area contributed by atoms with Gasteiger partial charge in [-0.3, -0.25) is 0 Å². The van der Waals surface area contributed by atoms with Crippen LogP contribution in [0.2, 0.25) is 0 Å². The van der Waals surface area contributed by atoms with Crippen LogP contribution in [0.5, 0.6) is 0 Å². The van der Waals surface area contributed by atoms with Gasteiger partial charge in [0.1, 0.15) is 0 Å². The Bertz CT molecular complexity index is 603. The number of nitrogens with one attached hydrogen (secondary N) is 1. The topological polar surface area (TPSA) is 21.3 Å². The number of rotatable bonds is 5. The highest BCUT2D eigenvalue weighted by molar-refractivity contribution is 9.11. The molecule has 1 unspecified atom stereocenters. The van der Waals surface area contributed by atoms with Crippen molar-refractivity contribution in [3.8, 4) is 0 Å². The first kappa shape index (κ1) is 18.9. The van der Waals surface area contributed by atoms with Crippen LogP contribution in [0.3, 0.4) is 0 Å². The van der Waals surface area contributed by atoms with Gasteiger partial charge in [0, 0.05) is 33.9 Å². The minimum Gasteiger partial charge on any atom is -0.376 e. The summed E-state index contributed by atoms with van der Waals surface area (Å²) in [4.78, 5) is 0. The number of ether oxygens (including phenoxy) is 1. The molecule has 0 amide bonds. The Morgan fingerprint density at radius 1 is 1.00 bits per heavy atom. The smallest absolute Gasteiger partial charge is 0.0717 e. The Hall–Kier alpha value is -0.390. The van der Waals surface area contributed by atoms with E-state index >= 15 is 0 Å². The molecule has 2 nitrogen and oxygen atoms in total. The maximum Gasteiger partial charge on any atom is 0.0717 e. The average Bonchev–Trinajstić information content (AvgIpc) is 2.96. The van der Waals surface area contributed by atoms with Gasteiger partial charge in [0.25, 0.3) is 0 Å². The van der Waals surface area contributed by atoms with E-state index in [1.54, 1.807) is 0 Å². The molecule has 1 aliphatic heterocycles. The van der Waals surface area contributed by atoms with Crippen molar-refractivity contribution in [3.05, 3.63) is 68.6 Å². The maximum absolute atomic E-state index is 5.98. The van der Waals surface area contributed by atoms with Crippen LogP contribution in [-0.4, -0.2) is 19.7 Å². The van der Waals surface area contributed by atoms with E-state index in [-0.39, 0.29) is 12.4 Å². The van der Waals surface area contributed by atoms with Gasteiger partial charge in [0.15, 0.2) is 0 Å². The van der Waals surface area contributed by atoms with Crippen molar-refractivity contribution in [2.75, 3.05) is 19.7 Å². The monoisotopic (exact) mass is 459 g/mol. The molecule has 0 aromatic heterocycles. The van der Waals surface area contributed by atoms with Crippen LogP contribution in [0.4, 0.5) is 0 Å². The highest BCUT2D eigenvalue weighted by atomic mass is 79.9. The molecule has 124 valence electrons. The Kier molecular flexibility index (Phi) is 7.57. The van der Waals surface area contributed by atoms with E-state index < -0.39 is 0 Å². The number of halogens is 3. The molecular weight excluding hydrogens is 441 g/mol. The number of benzene rings is 2. The van der Waals surface area contributed by atoms with Crippen LogP contribution in [-0.2, 0) is 11.3 Å². The van der Waals surface area contributed by atoms with E-state index in [0.29, 0.717) is 18.4 Å². The van der Waals surface area contributed by atoms with Crippen LogP contribution < -0.4 is 5.32 Å². The van der Waals surface area contributed by atoms with Crippen LogP contribution in [0.1, 0.15) is 17.0 Å². The summed E-state index contributed by atoms with van der Waals surface area (Å²) >= 11 is 7.03. The van der Waals surface area contributed by atoms with Gasteiger partial charge in [-0.2, -0.15) is 0 Å². The second-order valence-corrected chi connectivity index (χ2v) is 7.56. The summed E-state index contributed by atoms with van der Waals surface area (Å²) in [6.07, 6.45) is 0. The summed E-state index contributed by atoms with van der Waals surface area (Å²) in [5.41, 5.74) is 2.59. The fourth-order valence-electron chi connectivity index (χ4n) is 3.02. The van der Waals surface area contributed by atoms with Crippen molar-refractivity contribution in [1.29, 1.82) is 0 Å². The summed E-state index contributed by atoms with van der Waals surface area (Å²) in [6.45, 7) is 3.51. The highest BCUT2D eigenvalue weighted by Gasteiger charge is 2.28. The molecule has 5 heteroatoms. The second-order valence-electron chi connectivity index (χ2n) is 5.73. The van der Waals surface area contributed by atoms with Crippen LogP contribution >= 0.6 is 44.3 Å². The molecule has 1 saturated heterocycles.